The smallest absolute Gasteiger partial charge is 0.253 e. The normalized spacial score (nSPS) is 12.0. The van der Waals surface area contributed by atoms with Crippen LogP contribution in [0, 0.1) is 0 Å². The summed E-state index contributed by atoms with van der Waals surface area (Å²) >= 11 is 13.2. The molecule has 0 aromatic heterocycles. The minimum Gasteiger partial charge on any atom is -0.489 e. The van der Waals surface area contributed by atoms with Crippen molar-refractivity contribution >= 4 is 47.1 Å². The second-order valence-electron chi connectivity index (χ2n) is 6.43. The van der Waals surface area contributed by atoms with Crippen molar-refractivity contribution in [3.63, 3.8) is 0 Å². The Hall–Kier alpha value is -2.47. The molecule has 0 saturated carbocycles. The van der Waals surface area contributed by atoms with Crippen LogP contribution in [0.3, 0.4) is 0 Å². The van der Waals surface area contributed by atoms with Gasteiger partial charge >= 0.3 is 0 Å². The van der Waals surface area contributed by atoms with Crippen molar-refractivity contribution in [1.82, 2.24) is 5.43 Å². The first kappa shape index (κ1) is 22.2. The van der Waals surface area contributed by atoms with E-state index in [0.29, 0.717) is 16.7 Å². The zero-order valence-corrected chi connectivity index (χ0v) is 18.5. The number of ether oxygens (including phenoxy) is 1. The maximum absolute atomic E-state index is 12.2. The van der Waals surface area contributed by atoms with Gasteiger partial charge in [0, 0.05) is 14.9 Å². The molecule has 0 heterocycles. The highest BCUT2D eigenvalue weighted by atomic mass is 35.5. The molecule has 0 aliphatic rings. The Morgan fingerprint density at radius 2 is 1.60 bits per heavy atom. The first-order valence-corrected chi connectivity index (χ1v) is 10.9. The van der Waals surface area contributed by atoms with Crippen molar-refractivity contribution in [3.8, 4) is 5.75 Å². The number of nitrogens with one attached hydrogen (secondary N) is 1. The first-order valence-electron chi connectivity index (χ1n) is 9.22. The second-order valence-corrected chi connectivity index (χ2v) is 8.72. The number of amides is 1. The van der Waals surface area contributed by atoms with E-state index in [-0.39, 0.29) is 11.2 Å². The predicted molar refractivity (Wildman–Crippen MR) is 125 cm³/mol. The number of halogens is 2. The molecular formula is C23H20Cl2N2O2S. The van der Waals surface area contributed by atoms with Crippen molar-refractivity contribution in [1.29, 1.82) is 0 Å². The molecule has 4 nitrogen and oxygen atoms in total. The van der Waals surface area contributed by atoms with Gasteiger partial charge in [-0.1, -0.05) is 35.3 Å². The third-order valence-electron chi connectivity index (χ3n) is 4.08. The van der Waals surface area contributed by atoms with Crippen LogP contribution in [0.25, 0.3) is 0 Å². The zero-order chi connectivity index (χ0) is 21.3. The molecule has 1 atom stereocenters. The lowest BCUT2D eigenvalue weighted by Gasteiger charge is -2.09. The Bertz CT molecular complexity index is 991. The molecule has 3 aromatic carbocycles. The third-order valence-corrected chi connectivity index (χ3v) is 5.70. The van der Waals surface area contributed by atoms with Crippen molar-refractivity contribution < 1.29 is 9.53 Å². The number of nitrogens with zero attached hydrogens (tertiary/aromatic N) is 1. The molecule has 3 aromatic rings. The summed E-state index contributed by atoms with van der Waals surface area (Å²) < 4.78 is 5.76. The summed E-state index contributed by atoms with van der Waals surface area (Å²) in [6, 6.07) is 22.4. The fraction of sp³-hybridized carbons (Fsp3) is 0.130. The van der Waals surface area contributed by atoms with Gasteiger partial charge in [-0.25, -0.2) is 5.43 Å². The van der Waals surface area contributed by atoms with Gasteiger partial charge in [-0.3, -0.25) is 4.79 Å². The first-order chi connectivity index (χ1) is 14.5. The number of benzene rings is 3. The Kier molecular flexibility index (Phi) is 8.20. The van der Waals surface area contributed by atoms with Crippen molar-refractivity contribution in [2.45, 2.75) is 23.7 Å². The van der Waals surface area contributed by atoms with Crippen LogP contribution in [-0.2, 0) is 11.4 Å². The molecule has 7 heteroatoms. The van der Waals surface area contributed by atoms with Crippen LogP contribution in [0.4, 0.5) is 0 Å². The molecule has 0 aliphatic carbocycles. The number of rotatable bonds is 8. The number of hydrogen-bond acceptors (Lipinski definition) is 4. The van der Waals surface area contributed by atoms with Gasteiger partial charge in [0.15, 0.2) is 0 Å². The van der Waals surface area contributed by atoms with E-state index >= 15 is 0 Å². The number of hydrazone groups is 1. The highest BCUT2D eigenvalue weighted by Crippen LogP contribution is 2.24. The van der Waals surface area contributed by atoms with Crippen LogP contribution in [0.2, 0.25) is 10.0 Å². The molecule has 0 bridgehead atoms. The number of hydrogen-bond donors (Lipinski definition) is 1. The molecular weight excluding hydrogens is 439 g/mol. The van der Waals surface area contributed by atoms with Gasteiger partial charge in [0.25, 0.3) is 5.91 Å². The van der Waals surface area contributed by atoms with Crippen LogP contribution in [0.5, 0.6) is 5.75 Å². The van der Waals surface area contributed by atoms with E-state index < -0.39 is 0 Å². The Balaban J connectivity index is 1.45. The second kappa shape index (κ2) is 11.1. The molecule has 0 unspecified atom stereocenters. The van der Waals surface area contributed by atoms with Gasteiger partial charge in [0.05, 0.1) is 11.5 Å². The fourth-order valence-electron chi connectivity index (χ4n) is 2.43. The standard InChI is InChI=1S/C23H20Cl2N2O2S/c1-16(30-22-12-8-20(25)9-13-22)23(28)27-26-14-17-4-10-21(11-5-17)29-15-18-2-6-19(24)7-3-18/h2-14,16H,15H2,1H3,(H,27,28)/b26-14-/t16-/m0/s1. The van der Waals surface area contributed by atoms with Crippen molar-refractivity contribution in [2.75, 3.05) is 0 Å². The van der Waals surface area contributed by atoms with E-state index in [1.165, 1.54) is 11.8 Å². The fourth-order valence-corrected chi connectivity index (χ4v) is 3.54. The molecule has 3 rings (SSSR count). The van der Waals surface area contributed by atoms with Crippen LogP contribution in [0.1, 0.15) is 18.1 Å². The quantitative estimate of drug-likeness (QED) is 0.248. The van der Waals surface area contributed by atoms with Gasteiger partial charge in [-0.15, -0.1) is 11.8 Å². The van der Waals surface area contributed by atoms with E-state index in [2.05, 4.69) is 10.5 Å². The van der Waals surface area contributed by atoms with E-state index in [0.717, 1.165) is 21.8 Å². The minimum atomic E-state index is -0.285. The summed E-state index contributed by atoms with van der Waals surface area (Å²) in [6.45, 7) is 2.29. The average molecular weight is 459 g/mol. The van der Waals surface area contributed by atoms with Gasteiger partial charge in [-0.05, 0) is 78.7 Å². The Labute approximate surface area is 190 Å². The summed E-state index contributed by atoms with van der Waals surface area (Å²) in [6.07, 6.45) is 1.60. The third kappa shape index (κ3) is 7.10. The maximum Gasteiger partial charge on any atom is 0.253 e. The largest absolute Gasteiger partial charge is 0.489 e. The molecule has 1 N–H and O–H groups in total. The summed E-state index contributed by atoms with van der Waals surface area (Å²) in [4.78, 5) is 13.2. The maximum atomic E-state index is 12.2. The van der Waals surface area contributed by atoms with E-state index in [1.54, 1.807) is 18.3 Å². The lowest BCUT2D eigenvalue weighted by atomic mass is 10.2. The molecule has 0 fully saturated rings. The van der Waals surface area contributed by atoms with Crippen LogP contribution >= 0.6 is 35.0 Å². The highest BCUT2D eigenvalue weighted by Gasteiger charge is 2.13. The van der Waals surface area contributed by atoms with E-state index in [1.807, 2.05) is 67.6 Å². The SMILES string of the molecule is C[C@H](Sc1ccc(Cl)cc1)C(=O)N/N=C\c1ccc(OCc2ccc(Cl)cc2)cc1. The summed E-state index contributed by atoms with van der Waals surface area (Å²) in [7, 11) is 0. The van der Waals surface area contributed by atoms with E-state index in [9.17, 15) is 4.79 Å². The molecule has 0 radical (unpaired) electrons. The highest BCUT2D eigenvalue weighted by molar-refractivity contribution is 8.00. The van der Waals surface area contributed by atoms with Crippen molar-refractivity contribution in [3.05, 3.63) is 94.0 Å². The summed E-state index contributed by atoms with van der Waals surface area (Å²) in [5, 5.41) is 5.12. The Morgan fingerprint density at radius 3 is 2.23 bits per heavy atom. The van der Waals surface area contributed by atoms with Crippen LogP contribution in [0.15, 0.2) is 82.8 Å². The molecule has 1 amide bonds. The molecule has 30 heavy (non-hydrogen) atoms. The van der Waals surface area contributed by atoms with Crippen LogP contribution in [-0.4, -0.2) is 17.4 Å². The molecule has 0 spiro atoms. The molecule has 154 valence electrons. The summed E-state index contributed by atoms with van der Waals surface area (Å²) in [5.74, 6) is 0.577. The monoisotopic (exact) mass is 458 g/mol. The number of thioether (sulfide) groups is 1. The number of carbonyl (C=O) groups excluding carboxylic acids is 1. The predicted octanol–water partition coefficient (Wildman–Crippen LogP) is 6.20. The average Bonchev–Trinajstić information content (AvgIpc) is 2.76. The number of carbonyl (C=O) groups is 1. The van der Waals surface area contributed by atoms with Crippen LogP contribution < -0.4 is 10.2 Å². The van der Waals surface area contributed by atoms with E-state index in [4.69, 9.17) is 27.9 Å². The zero-order valence-electron chi connectivity index (χ0n) is 16.2. The molecule has 0 saturated heterocycles. The minimum absolute atomic E-state index is 0.172. The lowest BCUT2D eigenvalue weighted by Crippen LogP contribution is -2.26. The van der Waals surface area contributed by atoms with Gasteiger partial charge < -0.3 is 4.74 Å². The van der Waals surface area contributed by atoms with Gasteiger partial charge in [-0.2, -0.15) is 5.10 Å². The molecule has 0 aliphatic heterocycles. The Morgan fingerprint density at radius 1 is 1.00 bits per heavy atom. The summed E-state index contributed by atoms with van der Waals surface area (Å²) in [5.41, 5.74) is 4.46. The lowest BCUT2D eigenvalue weighted by molar-refractivity contribution is -0.120. The van der Waals surface area contributed by atoms with Gasteiger partial charge in [0.2, 0.25) is 0 Å². The van der Waals surface area contributed by atoms with Crippen molar-refractivity contribution in [2.24, 2.45) is 5.10 Å². The van der Waals surface area contributed by atoms with Gasteiger partial charge in [0.1, 0.15) is 12.4 Å². The topological polar surface area (TPSA) is 50.7 Å².